The molecule has 2 amide bonds. The molecule has 24 heavy (non-hydrogen) atoms. The molecule has 0 heterocycles. The number of methoxy groups -OCH3 is 1. The van der Waals surface area contributed by atoms with Crippen LogP contribution in [0.3, 0.4) is 0 Å². The summed E-state index contributed by atoms with van der Waals surface area (Å²) >= 11 is 5.99. The van der Waals surface area contributed by atoms with Gasteiger partial charge in [-0.2, -0.15) is 0 Å². The Kier molecular flexibility index (Phi) is 6.63. The molecule has 0 aliphatic rings. The van der Waals surface area contributed by atoms with Gasteiger partial charge in [-0.05, 0) is 30.2 Å². The number of nitrogens with one attached hydrogen (secondary N) is 2. The van der Waals surface area contributed by atoms with Crippen molar-refractivity contribution in [1.29, 1.82) is 0 Å². The van der Waals surface area contributed by atoms with Crippen LogP contribution in [-0.2, 0) is 16.0 Å². The van der Waals surface area contributed by atoms with Gasteiger partial charge >= 0.3 is 0 Å². The molecule has 0 radical (unpaired) electrons. The Balaban J connectivity index is 1.74. The number of anilines is 1. The molecular formula is C18H19ClN2O3. The van der Waals surface area contributed by atoms with Crippen molar-refractivity contribution in [2.75, 3.05) is 19.0 Å². The van der Waals surface area contributed by atoms with Gasteiger partial charge in [-0.1, -0.05) is 41.9 Å². The molecule has 0 saturated carbocycles. The van der Waals surface area contributed by atoms with Gasteiger partial charge in [-0.25, -0.2) is 0 Å². The van der Waals surface area contributed by atoms with Crippen LogP contribution in [0.5, 0.6) is 5.75 Å². The monoisotopic (exact) mass is 346 g/mol. The van der Waals surface area contributed by atoms with Gasteiger partial charge in [0, 0.05) is 12.1 Å². The molecule has 0 spiro atoms. The van der Waals surface area contributed by atoms with Crippen molar-refractivity contribution < 1.29 is 14.3 Å². The molecule has 5 nitrogen and oxygen atoms in total. The summed E-state index contributed by atoms with van der Waals surface area (Å²) in [5.41, 5.74) is 1.63. The summed E-state index contributed by atoms with van der Waals surface area (Å²) in [6, 6.07) is 14.7. The van der Waals surface area contributed by atoms with E-state index >= 15 is 0 Å². The first-order chi connectivity index (χ1) is 11.6. The predicted octanol–water partition coefficient (Wildman–Crippen LogP) is 3.04. The molecule has 0 unspecified atom stereocenters. The Bertz CT molecular complexity index is 705. The minimum absolute atomic E-state index is 0.0860. The summed E-state index contributed by atoms with van der Waals surface area (Å²) in [6.07, 6.45) is 0.980. The van der Waals surface area contributed by atoms with E-state index in [1.54, 1.807) is 18.2 Å². The minimum Gasteiger partial charge on any atom is -0.495 e. The maximum absolute atomic E-state index is 11.9. The number of ether oxygens (including phenoxy) is 1. The molecule has 0 bridgehead atoms. The zero-order valence-corrected chi connectivity index (χ0v) is 14.1. The van der Waals surface area contributed by atoms with Crippen molar-refractivity contribution in [3.8, 4) is 5.75 Å². The van der Waals surface area contributed by atoms with Crippen molar-refractivity contribution in [1.82, 2.24) is 5.32 Å². The van der Waals surface area contributed by atoms with Crippen LogP contribution >= 0.6 is 11.6 Å². The third-order valence-corrected chi connectivity index (χ3v) is 3.66. The highest BCUT2D eigenvalue weighted by Crippen LogP contribution is 2.27. The van der Waals surface area contributed by atoms with Crippen molar-refractivity contribution >= 4 is 29.1 Å². The van der Waals surface area contributed by atoms with Crippen LogP contribution in [0.4, 0.5) is 5.69 Å². The van der Waals surface area contributed by atoms with E-state index in [9.17, 15) is 9.59 Å². The maximum Gasteiger partial charge on any atom is 0.243 e. The quantitative estimate of drug-likeness (QED) is 0.809. The van der Waals surface area contributed by atoms with Crippen LogP contribution in [0.1, 0.15) is 12.0 Å². The van der Waals surface area contributed by atoms with Gasteiger partial charge in [0.1, 0.15) is 5.75 Å². The summed E-state index contributed by atoms with van der Waals surface area (Å²) in [6.45, 7) is -0.0860. The maximum atomic E-state index is 11.9. The molecule has 0 aliphatic carbocycles. The van der Waals surface area contributed by atoms with Crippen molar-refractivity contribution in [3.05, 3.63) is 59.1 Å². The minimum atomic E-state index is -0.315. The number of benzene rings is 2. The van der Waals surface area contributed by atoms with E-state index in [0.717, 1.165) is 5.56 Å². The fourth-order valence-corrected chi connectivity index (χ4v) is 2.38. The fraction of sp³-hybridized carbons (Fsp3) is 0.222. The van der Waals surface area contributed by atoms with E-state index in [0.29, 0.717) is 29.3 Å². The van der Waals surface area contributed by atoms with Crippen molar-refractivity contribution in [3.63, 3.8) is 0 Å². The van der Waals surface area contributed by atoms with E-state index in [1.807, 2.05) is 30.3 Å². The summed E-state index contributed by atoms with van der Waals surface area (Å²) < 4.78 is 5.05. The number of aryl methyl sites for hydroxylation is 1. The largest absolute Gasteiger partial charge is 0.495 e. The lowest BCUT2D eigenvalue weighted by molar-refractivity contribution is -0.124. The average molecular weight is 347 g/mol. The molecule has 0 aromatic heterocycles. The second-order valence-corrected chi connectivity index (χ2v) is 5.57. The van der Waals surface area contributed by atoms with Crippen molar-refractivity contribution in [2.24, 2.45) is 0 Å². The number of carbonyl (C=O) groups is 2. The molecule has 2 rings (SSSR count). The van der Waals surface area contributed by atoms with E-state index in [4.69, 9.17) is 16.3 Å². The predicted molar refractivity (Wildman–Crippen MR) is 94.4 cm³/mol. The van der Waals surface area contributed by atoms with Gasteiger partial charge < -0.3 is 15.4 Å². The SMILES string of the molecule is COc1ccc(NC(=O)CNC(=O)CCc2ccccc2)cc1Cl. The summed E-state index contributed by atoms with van der Waals surface area (Å²) in [5, 5.41) is 5.68. The molecule has 2 aromatic rings. The van der Waals surface area contributed by atoms with Gasteiger partial charge in [0.2, 0.25) is 11.8 Å². The molecule has 0 fully saturated rings. The highest BCUT2D eigenvalue weighted by atomic mass is 35.5. The van der Waals surface area contributed by atoms with Crippen molar-refractivity contribution in [2.45, 2.75) is 12.8 Å². The van der Waals surface area contributed by atoms with Crippen LogP contribution in [0.15, 0.2) is 48.5 Å². The molecule has 2 aromatic carbocycles. The normalized spacial score (nSPS) is 10.1. The first-order valence-electron chi connectivity index (χ1n) is 7.52. The van der Waals surface area contributed by atoms with Gasteiger partial charge in [0.05, 0.1) is 18.7 Å². The van der Waals surface area contributed by atoms with Crippen LogP contribution in [-0.4, -0.2) is 25.5 Å². The molecule has 126 valence electrons. The van der Waals surface area contributed by atoms with Gasteiger partial charge in [0.15, 0.2) is 0 Å². The molecule has 0 aliphatic heterocycles. The summed E-state index contributed by atoms with van der Waals surface area (Å²) in [7, 11) is 1.52. The summed E-state index contributed by atoms with van der Waals surface area (Å²) in [5.74, 6) is 0.0509. The topological polar surface area (TPSA) is 67.4 Å². The highest BCUT2D eigenvalue weighted by molar-refractivity contribution is 6.32. The lowest BCUT2D eigenvalue weighted by Crippen LogP contribution is -2.32. The Labute approximate surface area is 146 Å². The fourth-order valence-electron chi connectivity index (χ4n) is 2.12. The second-order valence-electron chi connectivity index (χ2n) is 5.16. The van der Waals surface area contributed by atoms with E-state index in [2.05, 4.69) is 10.6 Å². The lowest BCUT2D eigenvalue weighted by Gasteiger charge is -2.09. The van der Waals surface area contributed by atoms with E-state index in [-0.39, 0.29) is 18.4 Å². The van der Waals surface area contributed by atoms with Crippen LogP contribution in [0, 0.1) is 0 Å². The smallest absolute Gasteiger partial charge is 0.243 e. The van der Waals surface area contributed by atoms with Crippen LogP contribution in [0.2, 0.25) is 5.02 Å². The van der Waals surface area contributed by atoms with Gasteiger partial charge in [-0.15, -0.1) is 0 Å². The standard InChI is InChI=1S/C18H19ClN2O3/c1-24-16-9-8-14(11-15(16)19)21-18(23)12-20-17(22)10-7-13-5-3-2-4-6-13/h2-6,8-9,11H,7,10,12H2,1H3,(H,20,22)(H,21,23). The van der Waals surface area contributed by atoms with Gasteiger partial charge in [-0.3, -0.25) is 9.59 Å². The number of rotatable bonds is 7. The zero-order chi connectivity index (χ0) is 17.4. The third kappa shape index (κ3) is 5.59. The van der Waals surface area contributed by atoms with Crippen LogP contribution in [0.25, 0.3) is 0 Å². The number of halogens is 1. The second kappa shape index (κ2) is 8.93. The summed E-state index contributed by atoms with van der Waals surface area (Å²) in [4.78, 5) is 23.6. The Morgan fingerprint density at radius 3 is 2.50 bits per heavy atom. The molecular weight excluding hydrogens is 328 g/mol. The number of carbonyl (C=O) groups excluding carboxylic acids is 2. The molecule has 2 N–H and O–H groups in total. The zero-order valence-electron chi connectivity index (χ0n) is 13.3. The Hall–Kier alpha value is -2.53. The van der Waals surface area contributed by atoms with E-state index < -0.39 is 0 Å². The third-order valence-electron chi connectivity index (χ3n) is 3.37. The first kappa shape index (κ1) is 17.8. The number of hydrogen-bond donors (Lipinski definition) is 2. The number of hydrogen-bond acceptors (Lipinski definition) is 3. The Morgan fingerprint density at radius 2 is 1.83 bits per heavy atom. The number of amides is 2. The first-order valence-corrected chi connectivity index (χ1v) is 7.90. The van der Waals surface area contributed by atoms with Crippen LogP contribution < -0.4 is 15.4 Å². The Morgan fingerprint density at radius 1 is 1.08 bits per heavy atom. The van der Waals surface area contributed by atoms with Gasteiger partial charge in [0.25, 0.3) is 0 Å². The van der Waals surface area contributed by atoms with E-state index in [1.165, 1.54) is 7.11 Å². The molecule has 6 heteroatoms. The molecule has 0 saturated heterocycles. The lowest BCUT2D eigenvalue weighted by atomic mass is 10.1. The molecule has 0 atom stereocenters. The highest BCUT2D eigenvalue weighted by Gasteiger charge is 2.08. The average Bonchev–Trinajstić information content (AvgIpc) is 2.59.